The summed E-state index contributed by atoms with van der Waals surface area (Å²) >= 11 is 4.70. The van der Waals surface area contributed by atoms with E-state index in [4.69, 9.17) is 18.0 Å². The van der Waals surface area contributed by atoms with Crippen LogP contribution in [0.25, 0.3) is 0 Å². The molecule has 0 aromatic rings. The van der Waals surface area contributed by atoms with Gasteiger partial charge < -0.3 is 11.1 Å². The van der Waals surface area contributed by atoms with Gasteiger partial charge in [-0.15, -0.1) is 0 Å². The molecule has 0 aliphatic heterocycles. The fraction of sp³-hybridized carbons (Fsp3) is 0.778. The van der Waals surface area contributed by atoms with Gasteiger partial charge in [-0.05, 0) is 20.8 Å². The Kier molecular flexibility index (Phi) is 4.87. The summed E-state index contributed by atoms with van der Waals surface area (Å²) in [5.41, 5.74) is 5.33. The van der Waals surface area contributed by atoms with Gasteiger partial charge in [-0.1, -0.05) is 12.2 Å². The van der Waals surface area contributed by atoms with Crippen molar-refractivity contribution in [1.29, 1.82) is 0 Å². The fourth-order valence-corrected chi connectivity index (χ4v) is 1.56. The lowest BCUT2D eigenvalue weighted by Gasteiger charge is -2.24. The number of hydrogen-bond acceptors (Lipinski definition) is 4. The van der Waals surface area contributed by atoms with Gasteiger partial charge in [0.1, 0.15) is 4.75 Å². The van der Waals surface area contributed by atoms with Crippen molar-refractivity contribution in [1.82, 2.24) is 5.32 Å². The van der Waals surface area contributed by atoms with Gasteiger partial charge in [-0.25, -0.2) is 8.42 Å². The van der Waals surface area contributed by atoms with E-state index in [0.717, 1.165) is 6.26 Å². The minimum absolute atomic E-state index is 0.272. The summed E-state index contributed by atoms with van der Waals surface area (Å²) in [6.07, 6.45) is 1.38. The first kappa shape index (κ1) is 15.3. The number of rotatable bonds is 5. The summed E-state index contributed by atoms with van der Waals surface area (Å²) in [7, 11) is -3.45. The summed E-state index contributed by atoms with van der Waals surface area (Å²) in [5, 5.41) is 2.57. The van der Waals surface area contributed by atoms with Gasteiger partial charge in [0.25, 0.3) is 0 Å². The summed E-state index contributed by atoms with van der Waals surface area (Å²) < 4.78 is 21.3. The molecule has 0 heterocycles. The lowest BCUT2D eigenvalue weighted by Crippen LogP contribution is -2.50. The molecule has 1 atom stereocenters. The molecule has 0 saturated heterocycles. The molecule has 0 aliphatic carbocycles. The van der Waals surface area contributed by atoms with E-state index < -0.39 is 20.5 Å². The van der Waals surface area contributed by atoms with Crippen molar-refractivity contribution in [2.75, 3.05) is 6.26 Å². The molecular formula is C9H18N2O3S2. The van der Waals surface area contributed by atoms with E-state index in [9.17, 15) is 13.2 Å². The van der Waals surface area contributed by atoms with Crippen molar-refractivity contribution in [3.8, 4) is 0 Å². The molecule has 3 N–H and O–H groups in total. The molecule has 0 saturated carbocycles. The third-order valence-corrected chi connectivity index (χ3v) is 4.56. The minimum atomic E-state index is -3.45. The number of nitrogens with two attached hydrogens (primary N) is 1. The molecule has 16 heavy (non-hydrogen) atoms. The van der Waals surface area contributed by atoms with E-state index in [1.165, 1.54) is 13.8 Å². The Morgan fingerprint density at radius 2 is 1.94 bits per heavy atom. The molecular weight excluding hydrogens is 248 g/mol. The lowest BCUT2D eigenvalue weighted by atomic mass is 10.1. The monoisotopic (exact) mass is 266 g/mol. The SMILES string of the molecule is CC(CC(N)=S)NC(=O)C(C)(C)S(C)(=O)=O. The van der Waals surface area contributed by atoms with Crippen LogP contribution in [0.15, 0.2) is 0 Å². The number of carbonyl (C=O) groups excluding carboxylic acids is 1. The lowest BCUT2D eigenvalue weighted by molar-refractivity contribution is -0.123. The number of hydrogen-bond donors (Lipinski definition) is 2. The maximum Gasteiger partial charge on any atom is 0.241 e. The van der Waals surface area contributed by atoms with E-state index in [0.29, 0.717) is 6.42 Å². The van der Waals surface area contributed by atoms with E-state index in [1.54, 1.807) is 6.92 Å². The largest absolute Gasteiger partial charge is 0.393 e. The van der Waals surface area contributed by atoms with Crippen LogP contribution in [-0.4, -0.2) is 36.4 Å². The Hall–Kier alpha value is -0.690. The van der Waals surface area contributed by atoms with Gasteiger partial charge in [0.2, 0.25) is 5.91 Å². The molecule has 5 nitrogen and oxygen atoms in total. The molecule has 0 aromatic heterocycles. The molecule has 0 radical (unpaired) electrons. The van der Waals surface area contributed by atoms with Gasteiger partial charge in [-0.3, -0.25) is 4.79 Å². The molecule has 1 unspecified atom stereocenters. The van der Waals surface area contributed by atoms with Crippen molar-refractivity contribution in [2.24, 2.45) is 5.73 Å². The van der Waals surface area contributed by atoms with E-state index in [1.807, 2.05) is 0 Å². The fourth-order valence-electron chi connectivity index (χ4n) is 0.919. The average molecular weight is 266 g/mol. The quantitative estimate of drug-likeness (QED) is 0.683. The van der Waals surface area contributed by atoms with Crippen LogP contribution >= 0.6 is 12.2 Å². The molecule has 0 bridgehead atoms. The molecule has 0 rings (SSSR count). The van der Waals surface area contributed by atoms with Crippen LogP contribution in [0.1, 0.15) is 27.2 Å². The smallest absolute Gasteiger partial charge is 0.241 e. The van der Waals surface area contributed by atoms with Crippen molar-refractivity contribution in [3.63, 3.8) is 0 Å². The second-order valence-corrected chi connectivity index (χ2v) is 7.42. The van der Waals surface area contributed by atoms with Crippen LogP contribution in [0.3, 0.4) is 0 Å². The Morgan fingerprint density at radius 1 is 1.50 bits per heavy atom. The number of amides is 1. The van der Waals surface area contributed by atoms with Crippen molar-refractivity contribution >= 4 is 33.0 Å². The zero-order valence-corrected chi connectivity index (χ0v) is 11.5. The number of thiocarbonyl (C=S) groups is 1. The topological polar surface area (TPSA) is 89.3 Å². The van der Waals surface area contributed by atoms with Crippen LogP contribution < -0.4 is 11.1 Å². The molecule has 1 amide bonds. The van der Waals surface area contributed by atoms with Crippen LogP contribution in [0, 0.1) is 0 Å². The molecule has 0 aliphatic rings. The van der Waals surface area contributed by atoms with Crippen LogP contribution in [0.5, 0.6) is 0 Å². The van der Waals surface area contributed by atoms with Gasteiger partial charge in [0, 0.05) is 18.7 Å². The molecule has 7 heteroatoms. The Balaban J connectivity index is 4.66. The maximum absolute atomic E-state index is 11.7. The number of carbonyl (C=O) groups is 1. The van der Waals surface area contributed by atoms with Crippen molar-refractivity contribution in [2.45, 2.75) is 38.0 Å². The summed E-state index contributed by atoms with van der Waals surface area (Å²) in [5.74, 6) is -0.543. The van der Waals surface area contributed by atoms with E-state index >= 15 is 0 Å². The normalized spacial score (nSPS) is 14.2. The minimum Gasteiger partial charge on any atom is -0.393 e. The van der Waals surface area contributed by atoms with Crippen LogP contribution in [-0.2, 0) is 14.6 Å². The highest BCUT2D eigenvalue weighted by molar-refractivity contribution is 7.92. The van der Waals surface area contributed by atoms with Crippen molar-refractivity contribution < 1.29 is 13.2 Å². The van der Waals surface area contributed by atoms with E-state index in [2.05, 4.69) is 5.32 Å². The van der Waals surface area contributed by atoms with Crippen LogP contribution in [0.4, 0.5) is 0 Å². The van der Waals surface area contributed by atoms with Gasteiger partial charge in [-0.2, -0.15) is 0 Å². The first-order valence-electron chi connectivity index (χ1n) is 4.77. The molecule has 0 fully saturated rings. The van der Waals surface area contributed by atoms with E-state index in [-0.39, 0.29) is 11.0 Å². The maximum atomic E-state index is 11.7. The molecule has 0 spiro atoms. The zero-order valence-electron chi connectivity index (χ0n) is 9.90. The highest BCUT2D eigenvalue weighted by atomic mass is 32.2. The highest BCUT2D eigenvalue weighted by Crippen LogP contribution is 2.15. The molecule has 0 aromatic carbocycles. The first-order chi connectivity index (χ1) is 6.98. The third kappa shape index (κ3) is 4.05. The number of sulfone groups is 1. The number of nitrogens with one attached hydrogen (secondary N) is 1. The Labute approximate surface area is 102 Å². The first-order valence-corrected chi connectivity index (χ1v) is 7.07. The van der Waals surface area contributed by atoms with Crippen molar-refractivity contribution in [3.05, 3.63) is 0 Å². The van der Waals surface area contributed by atoms with Gasteiger partial charge in [0.15, 0.2) is 9.84 Å². The summed E-state index contributed by atoms with van der Waals surface area (Å²) in [6, 6.07) is -0.272. The molecule has 94 valence electrons. The summed E-state index contributed by atoms with van der Waals surface area (Å²) in [4.78, 5) is 12.0. The highest BCUT2D eigenvalue weighted by Gasteiger charge is 2.38. The third-order valence-electron chi connectivity index (χ3n) is 2.36. The standard InChI is InChI=1S/C9H18N2O3S2/c1-6(5-7(10)15)11-8(12)9(2,3)16(4,13)14/h6H,5H2,1-4H3,(H2,10,15)(H,11,12). The van der Waals surface area contributed by atoms with Gasteiger partial charge in [0.05, 0.1) is 4.99 Å². The zero-order chi connectivity index (χ0) is 13.1. The average Bonchev–Trinajstić information content (AvgIpc) is 1.99. The second kappa shape index (κ2) is 5.09. The van der Waals surface area contributed by atoms with Gasteiger partial charge >= 0.3 is 0 Å². The summed E-state index contributed by atoms with van der Waals surface area (Å²) in [6.45, 7) is 4.45. The van der Waals surface area contributed by atoms with Crippen LogP contribution in [0.2, 0.25) is 0 Å². The predicted molar refractivity (Wildman–Crippen MR) is 67.9 cm³/mol. The Bertz CT molecular complexity index is 388. The Morgan fingerprint density at radius 3 is 2.25 bits per heavy atom. The second-order valence-electron chi connectivity index (χ2n) is 4.33. The predicted octanol–water partition coefficient (Wildman–Crippen LogP) is -0.00950.